The van der Waals surface area contributed by atoms with Crippen LogP contribution in [0.15, 0.2) is 24.9 Å². The second kappa shape index (κ2) is 7.30. The molecule has 0 saturated carbocycles. The molecule has 0 spiro atoms. The smallest absolute Gasteiger partial charge is 0.247 e. The number of halogens is 1. The number of hydrogen-bond donors (Lipinski definition) is 0. The molecule has 0 bridgehead atoms. The summed E-state index contributed by atoms with van der Waals surface area (Å²) in [6.07, 6.45) is 4.24. The fraction of sp³-hybridized carbons (Fsp3) is 0.625. The van der Waals surface area contributed by atoms with Crippen molar-refractivity contribution in [2.75, 3.05) is 20.1 Å². The second-order valence-electron chi connectivity index (χ2n) is 6.63. The summed E-state index contributed by atoms with van der Waals surface area (Å²) in [6.45, 7) is 3.28. The maximum absolute atomic E-state index is 14.0. The van der Waals surface area contributed by atoms with Crippen molar-refractivity contribution >= 4 is 5.91 Å². The van der Waals surface area contributed by atoms with E-state index < -0.39 is 12.2 Å². The van der Waals surface area contributed by atoms with Gasteiger partial charge in [0.05, 0.1) is 5.69 Å². The van der Waals surface area contributed by atoms with E-state index in [9.17, 15) is 9.18 Å². The Balaban J connectivity index is 1.63. The number of nitrogens with zero attached hydrogens (tertiary/aromatic N) is 7. The lowest BCUT2D eigenvalue weighted by Gasteiger charge is -2.29. The van der Waals surface area contributed by atoms with Crippen molar-refractivity contribution in [1.82, 2.24) is 34.3 Å². The summed E-state index contributed by atoms with van der Waals surface area (Å²) in [5.41, 5.74) is 1.03. The van der Waals surface area contributed by atoms with E-state index in [2.05, 4.69) is 20.1 Å². The van der Waals surface area contributed by atoms with E-state index in [1.165, 1.54) is 17.3 Å². The maximum Gasteiger partial charge on any atom is 0.247 e. The Morgan fingerprint density at radius 2 is 2.28 bits per heavy atom. The fourth-order valence-electron chi connectivity index (χ4n) is 3.33. The van der Waals surface area contributed by atoms with E-state index in [0.29, 0.717) is 26.1 Å². The highest BCUT2D eigenvalue weighted by Gasteiger charge is 2.34. The van der Waals surface area contributed by atoms with Crippen molar-refractivity contribution in [1.29, 1.82) is 0 Å². The van der Waals surface area contributed by atoms with Gasteiger partial charge >= 0.3 is 0 Å². The summed E-state index contributed by atoms with van der Waals surface area (Å²) < 4.78 is 17.3. The monoisotopic (exact) mass is 349 g/mol. The molecule has 2 aromatic heterocycles. The predicted octanol–water partition coefficient (Wildman–Crippen LogP) is 0.644. The van der Waals surface area contributed by atoms with Gasteiger partial charge in [0.25, 0.3) is 0 Å². The fourth-order valence-corrected chi connectivity index (χ4v) is 3.33. The van der Waals surface area contributed by atoms with Crippen LogP contribution in [0.25, 0.3) is 0 Å². The molecule has 3 rings (SSSR count). The lowest BCUT2D eigenvalue weighted by molar-refractivity contribution is -0.133. The van der Waals surface area contributed by atoms with Crippen LogP contribution < -0.4 is 0 Å². The first-order valence-corrected chi connectivity index (χ1v) is 8.39. The lowest BCUT2D eigenvalue weighted by atomic mass is 10.2. The molecular formula is C16H24FN7O. The number of rotatable bonds is 6. The molecule has 3 atom stereocenters. The standard InChI is InChI=1S/C16H24FN7O/c1-12(24-11-18-10-20-24)16(25)21(2)8-15-6-13(17)7-23(15)9-14-4-5-19-22(14)3/h4-5,10-13,15H,6-9H2,1-3H3/t12?,13-,15-/m0/s1. The Hall–Kier alpha value is -2.29. The van der Waals surface area contributed by atoms with Gasteiger partial charge in [0, 0.05) is 46.0 Å². The highest BCUT2D eigenvalue weighted by Crippen LogP contribution is 2.23. The van der Waals surface area contributed by atoms with Crippen molar-refractivity contribution in [3.63, 3.8) is 0 Å². The summed E-state index contributed by atoms with van der Waals surface area (Å²) in [4.78, 5) is 20.2. The molecule has 136 valence electrons. The molecule has 2 aromatic rings. The lowest BCUT2D eigenvalue weighted by Crippen LogP contribution is -2.43. The van der Waals surface area contributed by atoms with Gasteiger partial charge in [-0.05, 0) is 19.4 Å². The minimum Gasteiger partial charge on any atom is -0.342 e. The summed E-state index contributed by atoms with van der Waals surface area (Å²) in [6, 6.07) is 1.49. The van der Waals surface area contributed by atoms with Crippen LogP contribution in [0.2, 0.25) is 0 Å². The molecule has 0 N–H and O–H groups in total. The quantitative estimate of drug-likeness (QED) is 0.765. The molecule has 1 unspecified atom stereocenters. The number of amides is 1. The van der Waals surface area contributed by atoms with Gasteiger partial charge in [-0.25, -0.2) is 14.1 Å². The molecule has 0 radical (unpaired) electrons. The van der Waals surface area contributed by atoms with Crippen LogP contribution in [0.3, 0.4) is 0 Å². The van der Waals surface area contributed by atoms with Crippen molar-refractivity contribution in [3.8, 4) is 0 Å². The second-order valence-corrected chi connectivity index (χ2v) is 6.63. The van der Waals surface area contributed by atoms with Gasteiger partial charge < -0.3 is 4.90 Å². The van der Waals surface area contributed by atoms with Crippen molar-refractivity contribution in [2.45, 2.75) is 38.1 Å². The number of carbonyl (C=O) groups is 1. The molecule has 0 aliphatic carbocycles. The first-order valence-electron chi connectivity index (χ1n) is 8.39. The largest absolute Gasteiger partial charge is 0.342 e. The van der Waals surface area contributed by atoms with E-state index in [0.717, 1.165) is 5.69 Å². The number of alkyl halides is 1. The molecule has 1 aliphatic rings. The molecule has 1 fully saturated rings. The summed E-state index contributed by atoms with van der Waals surface area (Å²) in [7, 11) is 3.63. The van der Waals surface area contributed by atoms with E-state index in [4.69, 9.17) is 0 Å². The van der Waals surface area contributed by atoms with Crippen LogP contribution in [0, 0.1) is 0 Å². The summed E-state index contributed by atoms with van der Waals surface area (Å²) in [5.74, 6) is -0.0618. The molecule has 25 heavy (non-hydrogen) atoms. The third-order valence-electron chi connectivity index (χ3n) is 4.82. The number of aryl methyl sites for hydroxylation is 1. The zero-order chi connectivity index (χ0) is 18.0. The molecule has 8 nitrogen and oxygen atoms in total. The van der Waals surface area contributed by atoms with Gasteiger partial charge in [-0.1, -0.05) is 0 Å². The molecule has 0 aromatic carbocycles. The van der Waals surface area contributed by atoms with E-state index >= 15 is 0 Å². The van der Waals surface area contributed by atoms with Gasteiger partial charge in [0.2, 0.25) is 5.91 Å². The average Bonchev–Trinajstić information content (AvgIpc) is 3.30. The van der Waals surface area contributed by atoms with E-state index in [-0.39, 0.29) is 11.9 Å². The number of aromatic nitrogens is 5. The number of hydrogen-bond acceptors (Lipinski definition) is 5. The van der Waals surface area contributed by atoms with E-state index in [1.54, 1.807) is 29.7 Å². The van der Waals surface area contributed by atoms with Gasteiger partial charge in [-0.2, -0.15) is 10.2 Å². The van der Waals surface area contributed by atoms with E-state index in [1.807, 2.05) is 13.1 Å². The summed E-state index contributed by atoms with van der Waals surface area (Å²) >= 11 is 0. The molecule has 3 heterocycles. The van der Waals surface area contributed by atoms with Gasteiger partial charge in [-0.15, -0.1) is 0 Å². The average molecular weight is 349 g/mol. The SMILES string of the molecule is CC(C(=O)N(C)C[C@@H]1C[C@H](F)CN1Cc1ccnn1C)n1cncn1. The Morgan fingerprint density at radius 3 is 2.92 bits per heavy atom. The first-order chi connectivity index (χ1) is 12.0. The van der Waals surface area contributed by atoms with Crippen LogP contribution in [-0.4, -0.2) is 72.6 Å². The highest BCUT2D eigenvalue weighted by atomic mass is 19.1. The van der Waals surface area contributed by atoms with Crippen LogP contribution >= 0.6 is 0 Å². The van der Waals surface area contributed by atoms with Crippen molar-refractivity contribution < 1.29 is 9.18 Å². The third kappa shape index (κ3) is 3.87. The van der Waals surface area contributed by atoms with Crippen LogP contribution in [-0.2, 0) is 18.4 Å². The van der Waals surface area contributed by atoms with Crippen molar-refractivity contribution in [3.05, 3.63) is 30.6 Å². The zero-order valence-corrected chi connectivity index (χ0v) is 14.8. The minimum absolute atomic E-state index is 0.0122. The molecule has 1 aliphatic heterocycles. The summed E-state index contributed by atoms with van der Waals surface area (Å²) in [5, 5.41) is 8.18. The Bertz CT molecular complexity index is 701. The Kier molecular flexibility index (Phi) is 5.12. The third-order valence-corrected chi connectivity index (χ3v) is 4.82. The van der Waals surface area contributed by atoms with Crippen molar-refractivity contribution in [2.24, 2.45) is 7.05 Å². The number of likely N-dealkylation sites (tertiary alicyclic amines) is 1. The number of carbonyl (C=O) groups excluding carboxylic acids is 1. The van der Waals surface area contributed by atoms with Gasteiger partial charge in [0.1, 0.15) is 24.9 Å². The highest BCUT2D eigenvalue weighted by molar-refractivity contribution is 5.79. The van der Waals surface area contributed by atoms with Crippen LogP contribution in [0.5, 0.6) is 0 Å². The zero-order valence-electron chi connectivity index (χ0n) is 14.8. The topological polar surface area (TPSA) is 72.1 Å². The van der Waals surface area contributed by atoms with Crippen LogP contribution in [0.1, 0.15) is 25.1 Å². The normalized spacial score (nSPS) is 22.2. The molecule has 9 heteroatoms. The van der Waals surface area contributed by atoms with Gasteiger partial charge in [-0.3, -0.25) is 14.4 Å². The van der Waals surface area contributed by atoms with Crippen LogP contribution in [0.4, 0.5) is 4.39 Å². The first kappa shape index (κ1) is 17.5. The molecule has 1 amide bonds. The van der Waals surface area contributed by atoms with Gasteiger partial charge in [0.15, 0.2) is 0 Å². The minimum atomic E-state index is -0.866. The Morgan fingerprint density at radius 1 is 1.48 bits per heavy atom. The molecule has 1 saturated heterocycles. The Labute approximate surface area is 146 Å². The molecular weight excluding hydrogens is 325 g/mol. The maximum atomic E-state index is 14.0. The predicted molar refractivity (Wildman–Crippen MR) is 89.3 cm³/mol. The number of likely N-dealkylation sites (N-methyl/N-ethyl adjacent to an activating group) is 1.